The van der Waals surface area contributed by atoms with E-state index in [-0.39, 0.29) is 11.9 Å². The Labute approximate surface area is 118 Å². The van der Waals surface area contributed by atoms with Crippen LogP contribution in [0.2, 0.25) is 0 Å². The summed E-state index contributed by atoms with van der Waals surface area (Å²) in [5.74, 6) is 0.988. The molecule has 1 aliphatic carbocycles. The van der Waals surface area contributed by atoms with E-state index in [0.717, 1.165) is 38.4 Å². The van der Waals surface area contributed by atoms with Gasteiger partial charge in [0.1, 0.15) is 12.4 Å². The van der Waals surface area contributed by atoms with Gasteiger partial charge in [0.15, 0.2) is 0 Å². The number of nitrogens with one attached hydrogen (secondary N) is 2. The van der Waals surface area contributed by atoms with Crippen LogP contribution in [0.15, 0.2) is 12.4 Å². The highest BCUT2D eigenvalue weighted by Gasteiger charge is 2.21. The van der Waals surface area contributed by atoms with E-state index >= 15 is 0 Å². The second-order valence-corrected chi connectivity index (χ2v) is 5.58. The Morgan fingerprint density at radius 3 is 2.85 bits per heavy atom. The largest absolute Gasteiger partial charge is 0.381 e. The van der Waals surface area contributed by atoms with Gasteiger partial charge in [0.2, 0.25) is 5.91 Å². The van der Waals surface area contributed by atoms with E-state index in [0.29, 0.717) is 12.6 Å². The topological polar surface area (TPSA) is 68.2 Å². The van der Waals surface area contributed by atoms with Gasteiger partial charge in [-0.1, -0.05) is 0 Å². The molecule has 2 N–H and O–H groups in total. The van der Waals surface area contributed by atoms with E-state index in [1.165, 1.54) is 12.8 Å². The van der Waals surface area contributed by atoms with Gasteiger partial charge in [-0.25, -0.2) is 4.98 Å². The molecule has 0 radical (unpaired) electrons. The number of imidazole rings is 1. The number of carbonyl (C=O) groups excluding carboxylic acids is 1. The second-order valence-electron chi connectivity index (χ2n) is 5.58. The number of aromatic nitrogens is 2. The average Bonchev–Trinajstić information content (AvgIpc) is 3.18. The molecule has 2 heterocycles. The van der Waals surface area contributed by atoms with Crippen LogP contribution in [-0.2, 0) is 22.6 Å². The molecule has 1 saturated heterocycles. The Morgan fingerprint density at radius 1 is 1.30 bits per heavy atom. The van der Waals surface area contributed by atoms with Crippen LogP contribution in [-0.4, -0.2) is 40.8 Å². The molecule has 6 heteroatoms. The number of hydrogen-bond acceptors (Lipinski definition) is 4. The number of amides is 1. The van der Waals surface area contributed by atoms with E-state index in [1.54, 1.807) is 6.20 Å². The Morgan fingerprint density at radius 2 is 2.10 bits per heavy atom. The summed E-state index contributed by atoms with van der Waals surface area (Å²) >= 11 is 0. The Balaban J connectivity index is 1.48. The van der Waals surface area contributed by atoms with Crippen LogP contribution in [0.1, 0.15) is 31.5 Å². The number of hydrogen-bond donors (Lipinski definition) is 2. The number of ether oxygens (including phenoxy) is 1. The molecule has 110 valence electrons. The predicted molar refractivity (Wildman–Crippen MR) is 74.1 cm³/mol. The first-order valence-electron chi connectivity index (χ1n) is 7.42. The van der Waals surface area contributed by atoms with Crippen molar-refractivity contribution in [2.45, 2.75) is 50.9 Å². The molecule has 0 unspecified atom stereocenters. The fraction of sp³-hybridized carbons (Fsp3) is 0.714. The third-order valence-corrected chi connectivity index (χ3v) is 3.83. The maximum atomic E-state index is 12.1. The molecule has 1 saturated carbocycles. The molecule has 0 bridgehead atoms. The van der Waals surface area contributed by atoms with Gasteiger partial charge in [-0.2, -0.15) is 0 Å². The van der Waals surface area contributed by atoms with Crippen LogP contribution in [0.25, 0.3) is 0 Å². The minimum absolute atomic E-state index is 0.0579. The number of carbonyl (C=O) groups is 1. The molecule has 1 aromatic rings. The Kier molecular flexibility index (Phi) is 4.32. The highest BCUT2D eigenvalue weighted by Crippen LogP contribution is 2.19. The van der Waals surface area contributed by atoms with E-state index in [4.69, 9.17) is 4.74 Å². The van der Waals surface area contributed by atoms with E-state index in [9.17, 15) is 4.79 Å². The lowest BCUT2D eigenvalue weighted by molar-refractivity contribution is -0.123. The summed E-state index contributed by atoms with van der Waals surface area (Å²) in [5.41, 5.74) is 0. The summed E-state index contributed by atoms with van der Waals surface area (Å²) in [6.07, 6.45) is 7.95. The predicted octanol–water partition coefficient (Wildman–Crippen LogP) is 0.430. The molecule has 2 aliphatic rings. The molecule has 3 rings (SSSR count). The quantitative estimate of drug-likeness (QED) is 0.792. The van der Waals surface area contributed by atoms with Crippen molar-refractivity contribution >= 4 is 5.91 Å². The fourth-order valence-electron chi connectivity index (χ4n) is 2.44. The van der Waals surface area contributed by atoms with Gasteiger partial charge >= 0.3 is 0 Å². The normalized spacial score (nSPS) is 20.0. The summed E-state index contributed by atoms with van der Waals surface area (Å²) in [6.45, 7) is 2.57. The average molecular weight is 278 g/mol. The molecule has 0 aromatic carbocycles. The van der Waals surface area contributed by atoms with Gasteiger partial charge in [0, 0.05) is 37.7 Å². The zero-order chi connectivity index (χ0) is 13.8. The standard InChI is InChI=1S/C14H22N4O2/c19-14(17-12-3-7-20-8-4-12)10-18-6-5-15-13(18)9-16-11-1-2-11/h5-6,11-12,16H,1-4,7-10H2,(H,17,19). The maximum Gasteiger partial charge on any atom is 0.240 e. The molecule has 0 spiro atoms. The lowest BCUT2D eigenvalue weighted by Gasteiger charge is -2.23. The van der Waals surface area contributed by atoms with E-state index < -0.39 is 0 Å². The van der Waals surface area contributed by atoms with Crippen LogP contribution in [0, 0.1) is 0 Å². The minimum atomic E-state index is 0.0579. The summed E-state index contributed by atoms with van der Waals surface area (Å²) in [7, 11) is 0. The van der Waals surface area contributed by atoms with Gasteiger partial charge in [-0.15, -0.1) is 0 Å². The van der Waals surface area contributed by atoms with Crippen molar-refractivity contribution in [1.29, 1.82) is 0 Å². The molecule has 2 fully saturated rings. The first kappa shape index (κ1) is 13.6. The van der Waals surface area contributed by atoms with Gasteiger partial charge in [0.05, 0.1) is 6.54 Å². The zero-order valence-corrected chi connectivity index (χ0v) is 11.7. The van der Waals surface area contributed by atoms with Gasteiger partial charge in [-0.05, 0) is 25.7 Å². The fourth-order valence-corrected chi connectivity index (χ4v) is 2.44. The third-order valence-electron chi connectivity index (χ3n) is 3.83. The maximum absolute atomic E-state index is 12.1. The molecule has 1 aliphatic heterocycles. The Hall–Kier alpha value is -1.40. The second kappa shape index (κ2) is 6.37. The smallest absolute Gasteiger partial charge is 0.240 e. The molecule has 20 heavy (non-hydrogen) atoms. The van der Waals surface area contributed by atoms with Crippen LogP contribution >= 0.6 is 0 Å². The zero-order valence-electron chi connectivity index (χ0n) is 11.7. The SMILES string of the molecule is O=C(Cn1ccnc1CNC1CC1)NC1CCOCC1. The molecular formula is C14H22N4O2. The van der Waals surface area contributed by atoms with Crippen molar-refractivity contribution in [3.05, 3.63) is 18.2 Å². The molecule has 1 aromatic heterocycles. The highest BCUT2D eigenvalue weighted by molar-refractivity contribution is 5.76. The van der Waals surface area contributed by atoms with Crippen LogP contribution < -0.4 is 10.6 Å². The molecule has 1 amide bonds. The summed E-state index contributed by atoms with van der Waals surface area (Å²) < 4.78 is 7.21. The first-order valence-corrected chi connectivity index (χ1v) is 7.42. The number of nitrogens with zero attached hydrogens (tertiary/aromatic N) is 2. The molecular weight excluding hydrogens is 256 g/mol. The van der Waals surface area contributed by atoms with Gasteiger partial charge in [0.25, 0.3) is 0 Å². The summed E-state index contributed by atoms with van der Waals surface area (Å²) in [6, 6.07) is 0.907. The van der Waals surface area contributed by atoms with Crippen molar-refractivity contribution in [2.24, 2.45) is 0 Å². The Bertz CT molecular complexity index is 450. The lowest BCUT2D eigenvalue weighted by atomic mass is 10.1. The van der Waals surface area contributed by atoms with Gasteiger partial charge in [-0.3, -0.25) is 4.79 Å². The summed E-state index contributed by atoms with van der Waals surface area (Å²) in [4.78, 5) is 16.4. The van der Waals surface area contributed by atoms with Crippen molar-refractivity contribution in [3.8, 4) is 0 Å². The van der Waals surface area contributed by atoms with Crippen molar-refractivity contribution < 1.29 is 9.53 Å². The van der Waals surface area contributed by atoms with Crippen LogP contribution in [0.5, 0.6) is 0 Å². The molecule has 6 nitrogen and oxygen atoms in total. The van der Waals surface area contributed by atoms with Gasteiger partial charge < -0.3 is 19.9 Å². The van der Waals surface area contributed by atoms with Crippen LogP contribution in [0.3, 0.4) is 0 Å². The summed E-state index contributed by atoms with van der Waals surface area (Å²) in [5, 5.41) is 6.50. The van der Waals surface area contributed by atoms with Crippen LogP contribution in [0.4, 0.5) is 0 Å². The minimum Gasteiger partial charge on any atom is -0.381 e. The highest BCUT2D eigenvalue weighted by atomic mass is 16.5. The van der Waals surface area contributed by atoms with Crippen molar-refractivity contribution in [2.75, 3.05) is 13.2 Å². The number of rotatable bonds is 6. The lowest BCUT2D eigenvalue weighted by Crippen LogP contribution is -2.40. The van der Waals surface area contributed by atoms with Crippen molar-refractivity contribution in [1.82, 2.24) is 20.2 Å². The van der Waals surface area contributed by atoms with Crippen molar-refractivity contribution in [3.63, 3.8) is 0 Å². The van der Waals surface area contributed by atoms with E-state index in [1.807, 2.05) is 10.8 Å². The third kappa shape index (κ3) is 3.80. The monoisotopic (exact) mass is 278 g/mol. The van der Waals surface area contributed by atoms with E-state index in [2.05, 4.69) is 15.6 Å². The first-order chi connectivity index (χ1) is 9.81. The molecule has 0 atom stereocenters.